The van der Waals surface area contributed by atoms with Crippen LogP contribution in [0.2, 0.25) is 5.02 Å². The van der Waals surface area contributed by atoms with Crippen molar-refractivity contribution < 1.29 is 9.53 Å². The number of carbonyl (C=O) groups is 1. The van der Waals surface area contributed by atoms with E-state index >= 15 is 0 Å². The second-order valence-corrected chi connectivity index (χ2v) is 3.96. The lowest BCUT2D eigenvalue weighted by Crippen LogP contribution is -2.13. The van der Waals surface area contributed by atoms with Crippen LogP contribution >= 0.6 is 11.6 Å². The van der Waals surface area contributed by atoms with E-state index in [-0.39, 0.29) is 0 Å². The Hall–Kier alpha value is -1.88. The van der Waals surface area contributed by atoms with Crippen LogP contribution in [0, 0.1) is 6.92 Å². The summed E-state index contributed by atoms with van der Waals surface area (Å²) in [5, 5.41) is 4.48. The Balaban J connectivity index is 2.20. The van der Waals surface area contributed by atoms with Crippen molar-refractivity contribution in [1.82, 2.24) is 14.8 Å². The summed E-state index contributed by atoms with van der Waals surface area (Å²) >= 11 is 5.74. The maximum absolute atomic E-state index is 11.8. The normalized spacial score (nSPS) is 10.3. The minimum Gasteiger partial charge on any atom is -0.420 e. The molecule has 88 valence electrons. The van der Waals surface area contributed by atoms with Gasteiger partial charge in [-0.05, 0) is 13.0 Å². The van der Waals surface area contributed by atoms with E-state index in [1.165, 1.54) is 23.1 Å². The van der Waals surface area contributed by atoms with Crippen LogP contribution in [0.5, 0.6) is 5.75 Å². The van der Waals surface area contributed by atoms with Crippen LogP contribution in [-0.2, 0) is 7.05 Å². The first-order valence-corrected chi connectivity index (χ1v) is 5.27. The molecule has 0 N–H and O–H groups in total. The Bertz CT molecular complexity index is 566. The fraction of sp³-hybridized carbons (Fsp3) is 0.182. The molecule has 2 heterocycles. The summed E-state index contributed by atoms with van der Waals surface area (Å²) in [6, 6.07) is 3.18. The monoisotopic (exact) mass is 251 g/mol. The van der Waals surface area contributed by atoms with Gasteiger partial charge in [-0.15, -0.1) is 0 Å². The molecule has 0 spiro atoms. The Kier molecular flexibility index (Phi) is 3.10. The molecular formula is C11H10ClN3O2. The molecular weight excluding hydrogens is 242 g/mol. The number of halogens is 1. The van der Waals surface area contributed by atoms with Crippen LogP contribution in [0.4, 0.5) is 0 Å². The number of hydrogen-bond donors (Lipinski definition) is 0. The van der Waals surface area contributed by atoms with Crippen LogP contribution in [0.1, 0.15) is 16.2 Å². The minimum atomic E-state index is -0.489. The summed E-state index contributed by atoms with van der Waals surface area (Å²) in [6.07, 6.45) is 2.89. The van der Waals surface area contributed by atoms with Crippen molar-refractivity contribution in [2.75, 3.05) is 0 Å². The Labute approximate surface area is 103 Å². The van der Waals surface area contributed by atoms with Gasteiger partial charge in [0.2, 0.25) is 0 Å². The highest BCUT2D eigenvalue weighted by atomic mass is 35.5. The first kappa shape index (κ1) is 11.6. The third kappa shape index (κ3) is 2.62. The largest absolute Gasteiger partial charge is 0.420 e. The standard InChI is InChI=1S/C11H10ClN3O2/c1-7-3-10(15(2)14-7)11(16)17-9-4-8(12)5-13-6-9/h3-6H,1-2H3. The van der Waals surface area contributed by atoms with Crippen LogP contribution in [0.25, 0.3) is 0 Å². The number of carbonyl (C=O) groups excluding carboxylic acids is 1. The molecule has 0 unspecified atom stereocenters. The SMILES string of the molecule is Cc1cc(C(=O)Oc2cncc(Cl)c2)n(C)n1. The smallest absolute Gasteiger partial charge is 0.362 e. The predicted molar refractivity (Wildman–Crippen MR) is 62.2 cm³/mol. The zero-order valence-corrected chi connectivity index (χ0v) is 10.1. The van der Waals surface area contributed by atoms with Gasteiger partial charge in [0.15, 0.2) is 5.75 Å². The number of hydrogen-bond acceptors (Lipinski definition) is 4. The molecule has 0 amide bonds. The Morgan fingerprint density at radius 3 is 2.76 bits per heavy atom. The van der Waals surface area contributed by atoms with E-state index < -0.39 is 5.97 Å². The van der Waals surface area contributed by atoms with Gasteiger partial charge in [-0.2, -0.15) is 5.10 Å². The molecule has 0 aliphatic rings. The zero-order chi connectivity index (χ0) is 12.4. The lowest BCUT2D eigenvalue weighted by Gasteiger charge is -2.03. The third-order valence-corrected chi connectivity index (χ3v) is 2.31. The number of rotatable bonds is 2. The summed E-state index contributed by atoms with van der Waals surface area (Å²) < 4.78 is 6.60. The fourth-order valence-electron chi connectivity index (χ4n) is 1.41. The quantitative estimate of drug-likeness (QED) is 0.766. The number of esters is 1. The van der Waals surface area contributed by atoms with Crippen molar-refractivity contribution in [2.24, 2.45) is 7.05 Å². The van der Waals surface area contributed by atoms with Crippen LogP contribution in [0.3, 0.4) is 0 Å². The van der Waals surface area contributed by atoms with Crippen molar-refractivity contribution in [1.29, 1.82) is 0 Å². The van der Waals surface area contributed by atoms with E-state index in [1.807, 2.05) is 0 Å². The first-order valence-electron chi connectivity index (χ1n) is 4.89. The molecule has 0 aromatic carbocycles. The van der Waals surface area contributed by atoms with Gasteiger partial charge in [0, 0.05) is 19.3 Å². The number of aromatic nitrogens is 3. The number of ether oxygens (including phenoxy) is 1. The highest BCUT2D eigenvalue weighted by molar-refractivity contribution is 6.30. The predicted octanol–water partition coefficient (Wildman–Crippen LogP) is 2.00. The molecule has 0 bridgehead atoms. The van der Waals surface area contributed by atoms with Crippen molar-refractivity contribution in [3.63, 3.8) is 0 Å². The minimum absolute atomic E-state index is 0.307. The van der Waals surface area contributed by atoms with Gasteiger partial charge in [-0.1, -0.05) is 11.6 Å². The van der Waals surface area contributed by atoms with Crippen molar-refractivity contribution >= 4 is 17.6 Å². The third-order valence-electron chi connectivity index (χ3n) is 2.10. The Morgan fingerprint density at radius 1 is 1.41 bits per heavy atom. The van der Waals surface area contributed by atoms with Crippen LogP contribution < -0.4 is 4.74 Å². The second-order valence-electron chi connectivity index (χ2n) is 3.52. The van der Waals surface area contributed by atoms with E-state index in [1.54, 1.807) is 20.0 Å². The summed E-state index contributed by atoms with van der Waals surface area (Å²) in [7, 11) is 1.68. The summed E-state index contributed by atoms with van der Waals surface area (Å²) in [6.45, 7) is 1.80. The molecule has 2 aromatic heterocycles. The molecule has 5 nitrogen and oxygen atoms in total. The molecule has 0 saturated carbocycles. The molecule has 0 saturated heterocycles. The van der Waals surface area contributed by atoms with Crippen LogP contribution in [0.15, 0.2) is 24.5 Å². The second kappa shape index (κ2) is 4.55. The lowest BCUT2D eigenvalue weighted by atomic mass is 10.4. The molecule has 0 atom stereocenters. The highest BCUT2D eigenvalue weighted by Gasteiger charge is 2.14. The molecule has 0 fully saturated rings. The lowest BCUT2D eigenvalue weighted by molar-refractivity contribution is 0.0722. The highest BCUT2D eigenvalue weighted by Crippen LogP contribution is 2.16. The maximum atomic E-state index is 11.8. The summed E-state index contributed by atoms with van der Waals surface area (Å²) in [4.78, 5) is 15.6. The van der Waals surface area contributed by atoms with Gasteiger partial charge in [0.1, 0.15) is 5.69 Å². The van der Waals surface area contributed by atoms with Crippen molar-refractivity contribution in [3.05, 3.63) is 40.9 Å². The summed E-state index contributed by atoms with van der Waals surface area (Å²) in [5.74, 6) is -0.182. The van der Waals surface area contributed by atoms with Gasteiger partial charge in [-0.3, -0.25) is 9.67 Å². The van der Waals surface area contributed by atoms with Crippen molar-refractivity contribution in [2.45, 2.75) is 6.92 Å². The summed E-state index contributed by atoms with van der Waals surface area (Å²) in [5.41, 5.74) is 1.13. The average molecular weight is 252 g/mol. The van der Waals surface area contributed by atoms with Gasteiger partial charge in [0.25, 0.3) is 0 Å². The maximum Gasteiger partial charge on any atom is 0.362 e. The Morgan fingerprint density at radius 2 is 2.18 bits per heavy atom. The van der Waals surface area contributed by atoms with Gasteiger partial charge < -0.3 is 4.74 Å². The topological polar surface area (TPSA) is 57.0 Å². The average Bonchev–Trinajstić information content (AvgIpc) is 2.58. The van der Waals surface area contributed by atoms with Crippen LogP contribution in [-0.4, -0.2) is 20.7 Å². The molecule has 0 aliphatic heterocycles. The van der Waals surface area contributed by atoms with E-state index in [4.69, 9.17) is 16.3 Å². The first-order chi connectivity index (χ1) is 8.06. The van der Waals surface area contributed by atoms with E-state index in [0.29, 0.717) is 16.5 Å². The molecule has 0 radical (unpaired) electrons. The van der Waals surface area contributed by atoms with Gasteiger partial charge >= 0.3 is 5.97 Å². The zero-order valence-electron chi connectivity index (χ0n) is 9.35. The molecule has 0 aliphatic carbocycles. The molecule has 6 heteroatoms. The number of pyridine rings is 1. The van der Waals surface area contributed by atoms with E-state index in [2.05, 4.69) is 10.1 Å². The molecule has 17 heavy (non-hydrogen) atoms. The van der Waals surface area contributed by atoms with Gasteiger partial charge in [0.05, 0.1) is 16.9 Å². The fourth-order valence-corrected chi connectivity index (χ4v) is 1.57. The molecule has 2 rings (SSSR count). The van der Waals surface area contributed by atoms with Crippen molar-refractivity contribution in [3.8, 4) is 5.75 Å². The number of nitrogens with zero attached hydrogens (tertiary/aromatic N) is 3. The van der Waals surface area contributed by atoms with Gasteiger partial charge in [-0.25, -0.2) is 4.79 Å². The van der Waals surface area contributed by atoms with E-state index in [9.17, 15) is 4.79 Å². The number of aryl methyl sites for hydroxylation is 2. The molecule has 2 aromatic rings. The van der Waals surface area contributed by atoms with E-state index in [0.717, 1.165) is 5.69 Å².